The van der Waals surface area contributed by atoms with Gasteiger partial charge in [0.15, 0.2) is 0 Å². The second kappa shape index (κ2) is 5.69. The maximum absolute atomic E-state index is 13.8. The lowest BCUT2D eigenvalue weighted by molar-refractivity contribution is -0.140. The van der Waals surface area contributed by atoms with Crippen molar-refractivity contribution in [3.05, 3.63) is 35.1 Å². The number of benzene rings is 1. The molecule has 0 fully saturated rings. The molecule has 0 heterocycles. The van der Waals surface area contributed by atoms with Crippen molar-refractivity contribution in [1.29, 1.82) is 0 Å². The molecule has 0 aromatic heterocycles. The van der Waals surface area contributed by atoms with Crippen molar-refractivity contribution < 1.29 is 22.7 Å². The number of aliphatic hydroxyl groups is 1. The van der Waals surface area contributed by atoms with Gasteiger partial charge in [-0.25, -0.2) is 4.39 Å². The van der Waals surface area contributed by atoms with Crippen LogP contribution in [0.4, 0.5) is 17.6 Å². The van der Waals surface area contributed by atoms with E-state index < -0.39 is 23.7 Å². The van der Waals surface area contributed by atoms with Gasteiger partial charge in [0.1, 0.15) is 5.82 Å². The molecule has 1 unspecified atom stereocenters. The molecule has 0 aliphatic heterocycles. The maximum Gasteiger partial charge on any atom is 0.419 e. The smallest absolute Gasteiger partial charge is 0.388 e. The molecule has 0 saturated carbocycles. The van der Waals surface area contributed by atoms with E-state index in [1.807, 2.05) is 13.8 Å². The zero-order valence-electron chi connectivity index (χ0n) is 10.3. The van der Waals surface area contributed by atoms with Crippen LogP contribution in [0.3, 0.4) is 0 Å². The van der Waals surface area contributed by atoms with Gasteiger partial charge in [0, 0.05) is 5.56 Å². The highest BCUT2D eigenvalue weighted by molar-refractivity contribution is 5.30. The Morgan fingerprint density at radius 1 is 1.17 bits per heavy atom. The summed E-state index contributed by atoms with van der Waals surface area (Å²) in [6, 6.07) is 3.00. The molecule has 1 N–H and O–H groups in total. The van der Waals surface area contributed by atoms with Crippen molar-refractivity contribution in [3.63, 3.8) is 0 Å². The Morgan fingerprint density at radius 2 is 1.72 bits per heavy atom. The maximum atomic E-state index is 13.8. The molecule has 1 atom stereocenters. The fourth-order valence-corrected chi connectivity index (χ4v) is 1.99. The molecule has 0 saturated heterocycles. The molecule has 102 valence electrons. The minimum absolute atomic E-state index is 0.247. The third-order valence-corrected chi connectivity index (χ3v) is 3.15. The average Bonchev–Trinajstić information content (AvgIpc) is 2.29. The van der Waals surface area contributed by atoms with E-state index in [1.165, 1.54) is 6.07 Å². The number of hydrogen-bond acceptors (Lipinski definition) is 1. The summed E-state index contributed by atoms with van der Waals surface area (Å²) in [6.45, 7) is 3.62. The molecule has 0 aliphatic rings. The summed E-state index contributed by atoms with van der Waals surface area (Å²) in [6.07, 6.45) is -4.80. The molecular formula is C13H16F4O. The van der Waals surface area contributed by atoms with Crippen molar-refractivity contribution in [2.45, 2.75) is 39.0 Å². The SMILES string of the molecule is CCC(CC)C(O)c1cccc(C(F)(F)F)c1F. The molecule has 0 spiro atoms. The average molecular weight is 264 g/mol. The number of aliphatic hydroxyl groups excluding tert-OH is 1. The van der Waals surface area contributed by atoms with E-state index in [-0.39, 0.29) is 11.5 Å². The van der Waals surface area contributed by atoms with Crippen LogP contribution in [0.15, 0.2) is 18.2 Å². The normalized spacial score (nSPS) is 14.0. The Bertz CT molecular complexity index is 396. The molecule has 1 nitrogen and oxygen atoms in total. The number of halogens is 4. The van der Waals surface area contributed by atoms with Crippen LogP contribution in [0.1, 0.15) is 43.9 Å². The summed E-state index contributed by atoms with van der Waals surface area (Å²) >= 11 is 0. The first-order valence-corrected chi connectivity index (χ1v) is 5.86. The third-order valence-electron chi connectivity index (χ3n) is 3.15. The Labute approximate surface area is 103 Å². The first kappa shape index (κ1) is 15.0. The number of alkyl halides is 3. The summed E-state index contributed by atoms with van der Waals surface area (Å²) in [5, 5.41) is 9.94. The van der Waals surface area contributed by atoms with Gasteiger partial charge in [-0.05, 0) is 12.0 Å². The zero-order chi connectivity index (χ0) is 13.9. The summed E-state index contributed by atoms with van der Waals surface area (Å²) in [7, 11) is 0. The van der Waals surface area contributed by atoms with Crippen LogP contribution < -0.4 is 0 Å². The highest BCUT2D eigenvalue weighted by atomic mass is 19.4. The predicted octanol–water partition coefficient (Wildman–Crippen LogP) is 4.31. The summed E-state index contributed by atoms with van der Waals surface area (Å²) in [5.41, 5.74) is -1.61. The monoisotopic (exact) mass is 264 g/mol. The molecule has 1 rings (SSSR count). The highest BCUT2D eigenvalue weighted by Crippen LogP contribution is 2.36. The molecule has 1 aromatic carbocycles. The third kappa shape index (κ3) is 3.02. The van der Waals surface area contributed by atoms with E-state index in [4.69, 9.17) is 0 Å². The molecule has 0 bridgehead atoms. The molecule has 18 heavy (non-hydrogen) atoms. The lowest BCUT2D eigenvalue weighted by Crippen LogP contribution is -2.16. The van der Waals surface area contributed by atoms with E-state index in [2.05, 4.69) is 0 Å². The van der Waals surface area contributed by atoms with Crippen molar-refractivity contribution >= 4 is 0 Å². The quantitative estimate of drug-likeness (QED) is 0.803. The van der Waals surface area contributed by atoms with Crippen molar-refractivity contribution in [1.82, 2.24) is 0 Å². The van der Waals surface area contributed by atoms with E-state index in [9.17, 15) is 22.7 Å². The van der Waals surface area contributed by atoms with Crippen LogP contribution in [-0.2, 0) is 6.18 Å². The van der Waals surface area contributed by atoms with Crippen LogP contribution in [0, 0.1) is 11.7 Å². The fourth-order valence-electron chi connectivity index (χ4n) is 1.99. The minimum Gasteiger partial charge on any atom is -0.388 e. The number of rotatable bonds is 4. The summed E-state index contributed by atoms with van der Waals surface area (Å²) in [4.78, 5) is 0. The second-order valence-electron chi connectivity index (χ2n) is 4.23. The van der Waals surface area contributed by atoms with Crippen LogP contribution in [-0.4, -0.2) is 5.11 Å². The van der Waals surface area contributed by atoms with E-state index in [1.54, 1.807) is 0 Å². The van der Waals surface area contributed by atoms with Crippen LogP contribution in [0.5, 0.6) is 0 Å². The highest BCUT2D eigenvalue weighted by Gasteiger charge is 2.36. The van der Waals surface area contributed by atoms with E-state index >= 15 is 0 Å². The van der Waals surface area contributed by atoms with Crippen LogP contribution in [0.2, 0.25) is 0 Å². The van der Waals surface area contributed by atoms with Gasteiger partial charge < -0.3 is 5.11 Å². The van der Waals surface area contributed by atoms with Crippen molar-refractivity contribution in [2.75, 3.05) is 0 Å². The Morgan fingerprint density at radius 3 is 2.17 bits per heavy atom. The van der Waals surface area contributed by atoms with Gasteiger partial charge in [-0.1, -0.05) is 38.8 Å². The largest absolute Gasteiger partial charge is 0.419 e. The van der Waals surface area contributed by atoms with Gasteiger partial charge in [0.05, 0.1) is 11.7 Å². The molecule has 0 radical (unpaired) electrons. The lowest BCUT2D eigenvalue weighted by atomic mass is 9.90. The van der Waals surface area contributed by atoms with Crippen molar-refractivity contribution in [3.8, 4) is 0 Å². The summed E-state index contributed by atoms with van der Waals surface area (Å²) in [5.74, 6) is -1.62. The fraction of sp³-hybridized carbons (Fsp3) is 0.538. The standard InChI is InChI=1S/C13H16F4O/c1-3-8(4-2)12(18)9-6-5-7-10(11(9)14)13(15,16)17/h5-8,12,18H,3-4H2,1-2H3. The van der Waals surface area contributed by atoms with E-state index in [0.717, 1.165) is 6.07 Å². The minimum atomic E-state index is -4.74. The van der Waals surface area contributed by atoms with Gasteiger partial charge in [0.2, 0.25) is 0 Å². The van der Waals surface area contributed by atoms with Gasteiger partial charge in [-0.2, -0.15) is 13.2 Å². The van der Waals surface area contributed by atoms with Gasteiger partial charge >= 0.3 is 6.18 Å². The van der Waals surface area contributed by atoms with Crippen molar-refractivity contribution in [2.24, 2.45) is 5.92 Å². The Balaban J connectivity index is 3.19. The number of hydrogen-bond donors (Lipinski definition) is 1. The lowest BCUT2D eigenvalue weighted by Gasteiger charge is -2.22. The molecular weight excluding hydrogens is 248 g/mol. The topological polar surface area (TPSA) is 20.2 Å². The Kier molecular flexibility index (Phi) is 4.73. The van der Waals surface area contributed by atoms with Gasteiger partial charge in [0.25, 0.3) is 0 Å². The first-order chi connectivity index (χ1) is 8.32. The molecule has 0 amide bonds. The first-order valence-electron chi connectivity index (χ1n) is 5.86. The van der Waals surface area contributed by atoms with Gasteiger partial charge in [-0.3, -0.25) is 0 Å². The summed E-state index contributed by atoms with van der Waals surface area (Å²) < 4.78 is 51.4. The molecule has 5 heteroatoms. The van der Waals surface area contributed by atoms with Gasteiger partial charge in [-0.15, -0.1) is 0 Å². The predicted molar refractivity (Wildman–Crippen MR) is 60.4 cm³/mol. The van der Waals surface area contributed by atoms with Crippen LogP contribution >= 0.6 is 0 Å². The van der Waals surface area contributed by atoms with Crippen LogP contribution in [0.25, 0.3) is 0 Å². The zero-order valence-corrected chi connectivity index (χ0v) is 10.3. The molecule has 1 aromatic rings. The Hall–Kier alpha value is -1.10. The molecule has 0 aliphatic carbocycles. The van der Waals surface area contributed by atoms with E-state index in [0.29, 0.717) is 18.9 Å². The second-order valence-corrected chi connectivity index (χ2v) is 4.23.